The molecular weight excluding hydrogens is 418 g/mol. The number of nitrogens with one attached hydrogen (secondary N) is 1. The molecular formula is C21H29N5O4S. The molecule has 1 N–H and O–H groups in total. The molecule has 2 heterocycles. The molecule has 1 aromatic carbocycles. The van der Waals surface area contributed by atoms with Gasteiger partial charge in [-0.15, -0.1) is 0 Å². The summed E-state index contributed by atoms with van der Waals surface area (Å²) in [5, 5.41) is 6.93. The Balaban J connectivity index is 1.93. The molecule has 0 spiro atoms. The van der Waals surface area contributed by atoms with Crippen molar-refractivity contribution < 1.29 is 17.9 Å². The van der Waals surface area contributed by atoms with Crippen LogP contribution in [0.5, 0.6) is 0 Å². The Labute approximate surface area is 183 Å². The molecule has 1 aliphatic rings. The standard InChI is InChI=1S/C21H29N5O4S/c1-4-26(5-2)31(28,29)18-7-8-20(25-12-14-30-15-13-25)19(16-18)23-21(27)9-6-17-10-11-22-24(17)3/h6-11,16H,4-5,12-15H2,1-3H3,(H,23,27). The summed E-state index contributed by atoms with van der Waals surface area (Å²) < 4.78 is 34.5. The quantitative estimate of drug-likeness (QED) is 0.621. The number of nitrogens with zero attached hydrogens (tertiary/aromatic N) is 4. The predicted octanol–water partition coefficient (Wildman–Crippen LogP) is 1.94. The van der Waals surface area contributed by atoms with Gasteiger partial charge in [-0.25, -0.2) is 8.42 Å². The molecule has 31 heavy (non-hydrogen) atoms. The first kappa shape index (κ1) is 23.0. The fourth-order valence-corrected chi connectivity index (χ4v) is 4.94. The number of aromatic nitrogens is 2. The zero-order valence-electron chi connectivity index (χ0n) is 18.1. The average molecular weight is 448 g/mol. The summed E-state index contributed by atoms with van der Waals surface area (Å²) >= 11 is 0. The number of benzene rings is 1. The molecule has 1 amide bonds. The van der Waals surface area contributed by atoms with Crippen LogP contribution in [0.1, 0.15) is 19.5 Å². The minimum Gasteiger partial charge on any atom is -0.378 e. The second-order valence-electron chi connectivity index (χ2n) is 7.07. The molecule has 10 heteroatoms. The second kappa shape index (κ2) is 10.1. The first-order chi connectivity index (χ1) is 14.9. The molecule has 1 aliphatic heterocycles. The lowest BCUT2D eigenvalue weighted by molar-refractivity contribution is -0.111. The molecule has 0 saturated carbocycles. The maximum absolute atomic E-state index is 13.0. The van der Waals surface area contributed by atoms with Crippen molar-refractivity contribution in [1.29, 1.82) is 0 Å². The number of carbonyl (C=O) groups excluding carboxylic acids is 1. The maximum atomic E-state index is 13.0. The third-order valence-electron chi connectivity index (χ3n) is 5.19. The summed E-state index contributed by atoms with van der Waals surface area (Å²) in [7, 11) is -1.86. The summed E-state index contributed by atoms with van der Waals surface area (Å²) in [6, 6.07) is 6.68. The highest BCUT2D eigenvalue weighted by molar-refractivity contribution is 7.89. The van der Waals surface area contributed by atoms with Crippen LogP contribution in [0.4, 0.5) is 11.4 Å². The molecule has 0 unspecified atom stereocenters. The normalized spacial score (nSPS) is 15.0. The van der Waals surface area contributed by atoms with Gasteiger partial charge in [0.1, 0.15) is 0 Å². The molecule has 9 nitrogen and oxygen atoms in total. The van der Waals surface area contributed by atoms with Crippen LogP contribution in [0.3, 0.4) is 0 Å². The van der Waals surface area contributed by atoms with Crippen molar-refractivity contribution in [3.8, 4) is 0 Å². The fourth-order valence-electron chi connectivity index (χ4n) is 3.45. The molecule has 168 valence electrons. The number of hydrogen-bond donors (Lipinski definition) is 1. The Morgan fingerprint density at radius 1 is 1.23 bits per heavy atom. The van der Waals surface area contributed by atoms with Crippen LogP contribution < -0.4 is 10.2 Å². The van der Waals surface area contributed by atoms with Gasteiger partial charge in [-0.2, -0.15) is 9.40 Å². The molecule has 0 radical (unpaired) electrons. The Hall–Kier alpha value is -2.69. The number of sulfonamides is 1. The van der Waals surface area contributed by atoms with E-state index in [0.717, 1.165) is 11.4 Å². The minimum absolute atomic E-state index is 0.152. The highest BCUT2D eigenvalue weighted by Crippen LogP contribution is 2.31. The van der Waals surface area contributed by atoms with E-state index in [1.165, 1.54) is 16.4 Å². The SMILES string of the molecule is CCN(CC)S(=O)(=O)c1ccc(N2CCOCC2)c(NC(=O)C=Cc2ccnn2C)c1. The van der Waals surface area contributed by atoms with E-state index in [9.17, 15) is 13.2 Å². The van der Waals surface area contributed by atoms with Crippen molar-refractivity contribution in [1.82, 2.24) is 14.1 Å². The van der Waals surface area contributed by atoms with E-state index in [-0.39, 0.29) is 10.8 Å². The zero-order valence-corrected chi connectivity index (χ0v) is 18.9. The molecule has 0 atom stereocenters. The van der Waals surface area contributed by atoms with Crippen molar-refractivity contribution in [2.75, 3.05) is 49.6 Å². The van der Waals surface area contributed by atoms with Gasteiger partial charge in [0.2, 0.25) is 15.9 Å². The number of carbonyl (C=O) groups is 1. The van der Waals surface area contributed by atoms with Gasteiger partial charge in [-0.3, -0.25) is 9.48 Å². The summed E-state index contributed by atoms with van der Waals surface area (Å²) in [6.45, 7) is 6.83. The fraction of sp³-hybridized carbons (Fsp3) is 0.429. The van der Waals surface area contributed by atoms with E-state index in [1.807, 2.05) is 0 Å². The minimum atomic E-state index is -3.65. The number of anilines is 2. The van der Waals surface area contributed by atoms with Crippen LogP contribution in [0.2, 0.25) is 0 Å². The zero-order chi connectivity index (χ0) is 22.4. The summed E-state index contributed by atoms with van der Waals surface area (Å²) in [5.41, 5.74) is 2.00. The largest absolute Gasteiger partial charge is 0.378 e. The smallest absolute Gasteiger partial charge is 0.248 e. The molecule has 1 fully saturated rings. The van der Waals surface area contributed by atoms with Crippen LogP contribution >= 0.6 is 0 Å². The van der Waals surface area contributed by atoms with Gasteiger partial charge in [-0.1, -0.05) is 13.8 Å². The van der Waals surface area contributed by atoms with Gasteiger partial charge in [0.25, 0.3) is 0 Å². The van der Waals surface area contributed by atoms with E-state index >= 15 is 0 Å². The highest BCUT2D eigenvalue weighted by Gasteiger charge is 2.24. The van der Waals surface area contributed by atoms with E-state index in [4.69, 9.17) is 4.74 Å². The lowest BCUT2D eigenvalue weighted by atomic mass is 10.2. The third-order valence-corrected chi connectivity index (χ3v) is 7.23. The Morgan fingerprint density at radius 2 is 1.94 bits per heavy atom. The van der Waals surface area contributed by atoms with Gasteiger partial charge >= 0.3 is 0 Å². The van der Waals surface area contributed by atoms with Gasteiger partial charge in [0.05, 0.1) is 35.2 Å². The summed E-state index contributed by atoms with van der Waals surface area (Å²) in [5.74, 6) is -0.354. The van der Waals surface area contributed by atoms with E-state index < -0.39 is 10.0 Å². The maximum Gasteiger partial charge on any atom is 0.248 e. The van der Waals surface area contributed by atoms with Gasteiger partial charge in [0, 0.05) is 45.5 Å². The molecule has 1 saturated heterocycles. The van der Waals surface area contributed by atoms with Crippen molar-refractivity contribution >= 4 is 33.4 Å². The molecule has 0 bridgehead atoms. The van der Waals surface area contributed by atoms with Gasteiger partial charge < -0.3 is 15.0 Å². The number of aryl methyl sites for hydroxylation is 1. The van der Waals surface area contributed by atoms with Crippen LogP contribution in [0.25, 0.3) is 6.08 Å². The monoisotopic (exact) mass is 447 g/mol. The van der Waals surface area contributed by atoms with Crippen molar-refractivity contribution in [3.63, 3.8) is 0 Å². The lowest BCUT2D eigenvalue weighted by Crippen LogP contribution is -2.37. The van der Waals surface area contributed by atoms with Crippen LogP contribution in [-0.2, 0) is 26.6 Å². The molecule has 1 aromatic heterocycles. The van der Waals surface area contributed by atoms with E-state index in [2.05, 4.69) is 15.3 Å². The number of morpholine rings is 1. The van der Waals surface area contributed by atoms with E-state index in [0.29, 0.717) is 45.1 Å². The first-order valence-corrected chi connectivity index (χ1v) is 11.7. The summed E-state index contributed by atoms with van der Waals surface area (Å²) in [4.78, 5) is 14.9. The topological polar surface area (TPSA) is 96.8 Å². The molecule has 3 rings (SSSR count). The van der Waals surface area contributed by atoms with Crippen molar-refractivity contribution in [2.24, 2.45) is 7.05 Å². The second-order valence-corrected chi connectivity index (χ2v) is 9.01. The number of rotatable bonds is 8. The van der Waals surface area contributed by atoms with Crippen molar-refractivity contribution in [2.45, 2.75) is 18.7 Å². The van der Waals surface area contributed by atoms with Crippen LogP contribution in [-0.4, -0.2) is 67.8 Å². The number of ether oxygens (including phenoxy) is 1. The van der Waals surface area contributed by atoms with E-state index in [1.54, 1.807) is 56.0 Å². The average Bonchev–Trinajstić information content (AvgIpc) is 3.18. The number of hydrogen-bond acceptors (Lipinski definition) is 6. The highest BCUT2D eigenvalue weighted by atomic mass is 32.2. The molecule has 2 aromatic rings. The van der Waals surface area contributed by atoms with Crippen LogP contribution in [0, 0.1) is 0 Å². The first-order valence-electron chi connectivity index (χ1n) is 10.3. The number of amides is 1. The Morgan fingerprint density at radius 3 is 2.55 bits per heavy atom. The molecule has 0 aliphatic carbocycles. The van der Waals surface area contributed by atoms with Crippen molar-refractivity contribution in [3.05, 3.63) is 42.2 Å². The van der Waals surface area contributed by atoms with Crippen LogP contribution in [0.15, 0.2) is 41.4 Å². The predicted molar refractivity (Wildman–Crippen MR) is 120 cm³/mol. The van der Waals surface area contributed by atoms with Gasteiger partial charge in [0.15, 0.2) is 0 Å². The Bertz CT molecular complexity index is 1040. The van der Waals surface area contributed by atoms with Gasteiger partial charge in [-0.05, 0) is 30.3 Å². The third kappa shape index (κ3) is 5.33. The lowest BCUT2D eigenvalue weighted by Gasteiger charge is -2.31. The Kier molecular flexibility index (Phi) is 7.47. The summed E-state index contributed by atoms with van der Waals surface area (Å²) in [6.07, 6.45) is 4.72.